The molecular formula is C25H22N2O2. The summed E-state index contributed by atoms with van der Waals surface area (Å²) in [5.74, 6) is -0.879. The van der Waals surface area contributed by atoms with E-state index in [9.17, 15) is 9.59 Å². The van der Waals surface area contributed by atoms with E-state index in [2.05, 4.69) is 0 Å². The minimum atomic E-state index is -0.440. The maximum absolute atomic E-state index is 13.0. The Morgan fingerprint density at radius 3 is 1.72 bits per heavy atom. The monoisotopic (exact) mass is 382 g/mol. The summed E-state index contributed by atoms with van der Waals surface area (Å²) in [4.78, 5) is 27.1. The van der Waals surface area contributed by atoms with Crippen molar-refractivity contribution < 1.29 is 9.59 Å². The second-order valence-corrected chi connectivity index (χ2v) is 6.55. The number of nitrogen functional groups attached to an aromatic ring is 1. The molecule has 0 saturated heterocycles. The number of amides is 2. The van der Waals surface area contributed by atoms with Crippen LogP contribution in [0.5, 0.6) is 0 Å². The van der Waals surface area contributed by atoms with Gasteiger partial charge in [-0.05, 0) is 47.9 Å². The van der Waals surface area contributed by atoms with Crippen molar-refractivity contribution in [2.24, 2.45) is 0 Å². The highest BCUT2D eigenvalue weighted by atomic mass is 16.2. The van der Waals surface area contributed by atoms with Crippen LogP contribution in [0.15, 0.2) is 91.0 Å². The summed E-state index contributed by atoms with van der Waals surface area (Å²) in [5, 5.41) is 0. The summed E-state index contributed by atoms with van der Waals surface area (Å²) in [6.07, 6.45) is 6.16. The van der Waals surface area contributed by atoms with Gasteiger partial charge in [-0.15, -0.1) is 0 Å². The van der Waals surface area contributed by atoms with Crippen LogP contribution in [-0.2, 0) is 9.59 Å². The van der Waals surface area contributed by atoms with E-state index in [-0.39, 0.29) is 0 Å². The summed E-state index contributed by atoms with van der Waals surface area (Å²) in [6, 6.07) is 24.1. The third kappa shape index (κ3) is 5.30. The van der Waals surface area contributed by atoms with E-state index >= 15 is 0 Å². The Morgan fingerprint density at radius 1 is 0.759 bits per heavy atom. The Kier molecular flexibility index (Phi) is 6.38. The minimum Gasteiger partial charge on any atom is -0.399 e. The first-order valence-electron chi connectivity index (χ1n) is 9.25. The van der Waals surface area contributed by atoms with Crippen LogP contribution in [-0.4, -0.2) is 11.8 Å². The molecule has 0 aliphatic heterocycles. The van der Waals surface area contributed by atoms with Gasteiger partial charge in [0, 0.05) is 17.8 Å². The number of nitrogens with zero attached hydrogens (tertiary/aromatic N) is 1. The molecule has 0 bridgehead atoms. The molecule has 0 aromatic heterocycles. The number of carbonyl (C=O) groups excluding carboxylic acids is 2. The Morgan fingerprint density at radius 2 is 1.24 bits per heavy atom. The summed E-state index contributed by atoms with van der Waals surface area (Å²) in [6.45, 7) is 1.84. The molecule has 0 atom stereocenters. The Labute approximate surface area is 170 Å². The van der Waals surface area contributed by atoms with Gasteiger partial charge in [0.2, 0.25) is 0 Å². The molecule has 2 N–H and O–H groups in total. The van der Waals surface area contributed by atoms with Gasteiger partial charge in [-0.2, -0.15) is 0 Å². The first-order chi connectivity index (χ1) is 14.0. The number of rotatable bonds is 5. The first kappa shape index (κ1) is 19.8. The van der Waals surface area contributed by atoms with Crippen molar-refractivity contribution >= 4 is 35.3 Å². The lowest BCUT2D eigenvalue weighted by atomic mass is 10.1. The SMILES string of the molecule is Cc1ccc(N)cc1N(C(=O)/C=C/c1ccccc1)C(=O)/C=C/c1ccccc1. The van der Waals surface area contributed by atoms with Gasteiger partial charge in [-0.1, -0.05) is 66.7 Å². The van der Waals surface area contributed by atoms with Gasteiger partial charge in [-0.3, -0.25) is 9.59 Å². The smallest absolute Gasteiger partial charge is 0.258 e. The molecule has 4 nitrogen and oxygen atoms in total. The zero-order valence-corrected chi connectivity index (χ0v) is 16.2. The van der Waals surface area contributed by atoms with E-state index < -0.39 is 11.8 Å². The van der Waals surface area contributed by atoms with E-state index in [0.717, 1.165) is 21.6 Å². The molecule has 0 fully saturated rings. The number of carbonyl (C=O) groups is 2. The number of hydrogen-bond acceptors (Lipinski definition) is 3. The lowest BCUT2D eigenvalue weighted by Gasteiger charge is -2.20. The van der Waals surface area contributed by atoms with Crippen molar-refractivity contribution in [3.8, 4) is 0 Å². The van der Waals surface area contributed by atoms with Crippen molar-refractivity contribution in [2.75, 3.05) is 10.6 Å². The Balaban J connectivity index is 1.94. The number of aryl methyl sites for hydroxylation is 1. The highest BCUT2D eigenvalue weighted by Gasteiger charge is 2.21. The molecule has 3 aromatic rings. The molecule has 3 aromatic carbocycles. The zero-order valence-electron chi connectivity index (χ0n) is 16.2. The second kappa shape index (κ2) is 9.33. The predicted molar refractivity (Wildman–Crippen MR) is 119 cm³/mol. The summed E-state index contributed by atoms with van der Waals surface area (Å²) in [7, 11) is 0. The van der Waals surface area contributed by atoms with Crippen LogP contribution in [0.1, 0.15) is 16.7 Å². The van der Waals surface area contributed by atoms with Gasteiger partial charge in [0.1, 0.15) is 0 Å². The van der Waals surface area contributed by atoms with Crippen molar-refractivity contribution in [1.82, 2.24) is 0 Å². The largest absolute Gasteiger partial charge is 0.399 e. The molecule has 0 aliphatic rings. The fourth-order valence-electron chi connectivity index (χ4n) is 2.83. The average Bonchev–Trinajstić information content (AvgIpc) is 2.75. The maximum atomic E-state index is 13.0. The molecule has 0 aliphatic carbocycles. The normalized spacial score (nSPS) is 11.1. The van der Waals surface area contributed by atoms with E-state index in [4.69, 9.17) is 5.73 Å². The molecule has 0 heterocycles. The van der Waals surface area contributed by atoms with Crippen molar-refractivity contribution in [3.63, 3.8) is 0 Å². The Bertz CT molecular complexity index is 993. The van der Waals surface area contributed by atoms with Gasteiger partial charge in [0.15, 0.2) is 0 Å². The predicted octanol–water partition coefficient (Wildman–Crippen LogP) is 4.86. The minimum absolute atomic E-state index is 0.440. The van der Waals surface area contributed by atoms with Crippen molar-refractivity contribution in [3.05, 3.63) is 108 Å². The number of nitrogens with two attached hydrogens (primary N) is 1. The quantitative estimate of drug-likeness (QED) is 0.506. The summed E-state index contributed by atoms with van der Waals surface area (Å²) in [5.41, 5.74) is 9.38. The topological polar surface area (TPSA) is 63.4 Å². The molecule has 144 valence electrons. The third-order valence-corrected chi connectivity index (χ3v) is 4.35. The van der Waals surface area contributed by atoms with Crippen LogP contribution in [0, 0.1) is 6.92 Å². The molecule has 2 amide bonds. The average molecular weight is 382 g/mol. The lowest BCUT2D eigenvalue weighted by molar-refractivity contribution is -0.121. The second-order valence-electron chi connectivity index (χ2n) is 6.55. The van der Waals surface area contributed by atoms with Crippen molar-refractivity contribution in [1.29, 1.82) is 0 Å². The number of hydrogen-bond donors (Lipinski definition) is 1. The third-order valence-electron chi connectivity index (χ3n) is 4.35. The molecule has 4 heteroatoms. The first-order valence-corrected chi connectivity index (χ1v) is 9.25. The summed E-state index contributed by atoms with van der Waals surface area (Å²) >= 11 is 0. The highest BCUT2D eigenvalue weighted by molar-refractivity contribution is 6.24. The number of benzene rings is 3. The standard InChI is InChI=1S/C25H22N2O2/c1-19-12-15-22(26)18-23(19)27(24(28)16-13-20-8-4-2-5-9-20)25(29)17-14-21-10-6-3-7-11-21/h2-18H,26H2,1H3/b16-13+,17-14+. The number of imide groups is 1. The van der Waals surface area contributed by atoms with Crippen LogP contribution >= 0.6 is 0 Å². The molecule has 0 radical (unpaired) electrons. The summed E-state index contributed by atoms with van der Waals surface area (Å²) < 4.78 is 0. The lowest BCUT2D eigenvalue weighted by Crippen LogP contribution is -2.35. The molecule has 0 spiro atoms. The molecule has 29 heavy (non-hydrogen) atoms. The van der Waals surface area contributed by atoms with Crippen LogP contribution < -0.4 is 10.6 Å². The number of anilines is 2. The van der Waals surface area contributed by atoms with Gasteiger partial charge >= 0.3 is 0 Å². The van der Waals surface area contributed by atoms with Crippen LogP contribution in [0.25, 0.3) is 12.2 Å². The fraction of sp³-hybridized carbons (Fsp3) is 0.0400. The van der Waals surface area contributed by atoms with Gasteiger partial charge in [-0.25, -0.2) is 4.90 Å². The van der Waals surface area contributed by atoms with Gasteiger partial charge < -0.3 is 5.73 Å². The van der Waals surface area contributed by atoms with Gasteiger partial charge in [0.05, 0.1) is 5.69 Å². The molecular weight excluding hydrogens is 360 g/mol. The molecule has 3 rings (SSSR count). The fourth-order valence-corrected chi connectivity index (χ4v) is 2.83. The van der Waals surface area contributed by atoms with Crippen LogP contribution in [0.2, 0.25) is 0 Å². The van der Waals surface area contributed by atoms with Crippen LogP contribution in [0.3, 0.4) is 0 Å². The highest BCUT2D eigenvalue weighted by Crippen LogP contribution is 2.24. The zero-order chi connectivity index (χ0) is 20.6. The van der Waals surface area contributed by atoms with E-state index in [1.165, 1.54) is 12.2 Å². The Hall–Kier alpha value is -3.92. The van der Waals surface area contributed by atoms with E-state index in [0.29, 0.717) is 11.4 Å². The molecule has 0 unspecified atom stereocenters. The van der Waals surface area contributed by atoms with Crippen LogP contribution in [0.4, 0.5) is 11.4 Å². The van der Waals surface area contributed by atoms with E-state index in [1.807, 2.05) is 67.6 Å². The van der Waals surface area contributed by atoms with E-state index in [1.54, 1.807) is 30.4 Å². The van der Waals surface area contributed by atoms with Gasteiger partial charge in [0.25, 0.3) is 11.8 Å². The molecule has 0 saturated carbocycles. The van der Waals surface area contributed by atoms with Crippen molar-refractivity contribution in [2.45, 2.75) is 6.92 Å². The maximum Gasteiger partial charge on any atom is 0.258 e.